The summed E-state index contributed by atoms with van der Waals surface area (Å²) in [5.74, 6) is -1.23. The molecule has 1 aliphatic heterocycles. The van der Waals surface area contributed by atoms with E-state index in [0.29, 0.717) is 24.2 Å². The minimum Gasteiger partial charge on any atom is -0.348 e. The summed E-state index contributed by atoms with van der Waals surface area (Å²) in [4.78, 5) is 43.7. The highest BCUT2D eigenvalue weighted by Crippen LogP contribution is 2.40. The lowest BCUT2D eigenvalue weighted by atomic mass is 9.68. The number of Topliss-reactive ketones (excluding diaryl/α,β-unsaturated/α-hetero) is 2. The van der Waals surface area contributed by atoms with Crippen LogP contribution in [0.5, 0.6) is 0 Å². The number of hydrogen-bond acceptors (Lipinski definition) is 4. The van der Waals surface area contributed by atoms with Crippen molar-refractivity contribution in [3.05, 3.63) is 108 Å². The van der Waals surface area contributed by atoms with Crippen molar-refractivity contribution in [2.45, 2.75) is 5.92 Å². The Balaban J connectivity index is 1.78. The van der Waals surface area contributed by atoms with Crippen LogP contribution in [0.2, 0.25) is 0 Å². The molecule has 0 bridgehead atoms. The Morgan fingerprint density at radius 3 is 1.53 bits per heavy atom. The van der Waals surface area contributed by atoms with Crippen LogP contribution in [0.3, 0.4) is 0 Å². The lowest BCUT2D eigenvalue weighted by Crippen LogP contribution is -2.52. The molecule has 1 heterocycles. The van der Waals surface area contributed by atoms with Gasteiger partial charge in [0.05, 0.1) is 6.54 Å². The number of rotatable bonds is 7. The molecular formula is C29H30N2O3. The van der Waals surface area contributed by atoms with E-state index in [1.807, 2.05) is 95.9 Å². The van der Waals surface area contributed by atoms with Gasteiger partial charge in [0.25, 0.3) is 0 Å². The maximum atomic E-state index is 13.8. The van der Waals surface area contributed by atoms with Gasteiger partial charge >= 0.3 is 0 Å². The van der Waals surface area contributed by atoms with Gasteiger partial charge in [0, 0.05) is 56.1 Å². The molecule has 34 heavy (non-hydrogen) atoms. The Bertz CT molecular complexity index is 1070. The molecule has 0 unspecified atom stereocenters. The number of carbonyl (C=O) groups is 3. The van der Waals surface area contributed by atoms with E-state index in [1.54, 1.807) is 19.0 Å². The zero-order chi connectivity index (χ0) is 24.1. The summed E-state index contributed by atoms with van der Waals surface area (Å²) in [5, 5.41) is 0. The van der Waals surface area contributed by atoms with Crippen molar-refractivity contribution in [1.82, 2.24) is 9.80 Å². The van der Waals surface area contributed by atoms with E-state index in [2.05, 4.69) is 0 Å². The third-order valence-corrected chi connectivity index (χ3v) is 6.61. The Hall–Kier alpha value is -3.57. The SMILES string of the molecule is CN(C)C(=O)CN1C[C@H](C(=O)c2ccccc2)[C@@H](c2ccccc2)[C@H](C(=O)c2ccccc2)C1. The molecule has 0 aliphatic carbocycles. The maximum Gasteiger partial charge on any atom is 0.236 e. The van der Waals surface area contributed by atoms with Gasteiger partial charge in [-0.05, 0) is 5.56 Å². The summed E-state index contributed by atoms with van der Waals surface area (Å²) in [7, 11) is 3.44. The Morgan fingerprint density at radius 2 is 1.12 bits per heavy atom. The molecule has 0 radical (unpaired) electrons. The Kier molecular flexibility index (Phi) is 7.33. The first-order chi connectivity index (χ1) is 16.5. The van der Waals surface area contributed by atoms with Crippen molar-refractivity contribution in [1.29, 1.82) is 0 Å². The van der Waals surface area contributed by atoms with Crippen LogP contribution >= 0.6 is 0 Å². The van der Waals surface area contributed by atoms with Crippen molar-refractivity contribution in [3.63, 3.8) is 0 Å². The minimum absolute atomic E-state index is 0.00215. The highest BCUT2D eigenvalue weighted by Gasteiger charge is 2.45. The molecule has 3 aromatic carbocycles. The van der Waals surface area contributed by atoms with Crippen molar-refractivity contribution < 1.29 is 14.4 Å². The first-order valence-electron chi connectivity index (χ1n) is 11.6. The Morgan fingerprint density at radius 1 is 0.706 bits per heavy atom. The van der Waals surface area contributed by atoms with Gasteiger partial charge in [-0.1, -0.05) is 91.0 Å². The molecular weight excluding hydrogens is 424 g/mol. The van der Waals surface area contributed by atoms with E-state index >= 15 is 0 Å². The number of benzene rings is 3. The highest BCUT2D eigenvalue weighted by molar-refractivity contribution is 6.02. The van der Waals surface area contributed by atoms with Crippen LogP contribution in [0.1, 0.15) is 32.2 Å². The van der Waals surface area contributed by atoms with Crippen molar-refractivity contribution in [2.24, 2.45) is 11.8 Å². The number of hydrogen-bond donors (Lipinski definition) is 0. The van der Waals surface area contributed by atoms with Gasteiger partial charge < -0.3 is 4.90 Å². The zero-order valence-electron chi connectivity index (χ0n) is 19.6. The summed E-state index contributed by atoms with van der Waals surface area (Å²) in [5.41, 5.74) is 2.23. The van der Waals surface area contributed by atoms with Gasteiger partial charge in [0.15, 0.2) is 11.6 Å². The average molecular weight is 455 g/mol. The van der Waals surface area contributed by atoms with E-state index < -0.39 is 11.8 Å². The highest BCUT2D eigenvalue weighted by atomic mass is 16.2. The second-order valence-corrected chi connectivity index (χ2v) is 9.09. The molecule has 5 nitrogen and oxygen atoms in total. The molecule has 5 heteroatoms. The van der Waals surface area contributed by atoms with Crippen LogP contribution in [-0.2, 0) is 4.79 Å². The number of carbonyl (C=O) groups excluding carboxylic acids is 3. The number of piperidine rings is 1. The summed E-state index contributed by atoms with van der Waals surface area (Å²) >= 11 is 0. The van der Waals surface area contributed by atoms with Crippen LogP contribution in [0.15, 0.2) is 91.0 Å². The number of likely N-dealkylation sites (N-methyl/N-ethyl adjacent to an activating group) is 1. The van der Waals surface area contributed by atoms with Gasteiger partial charge in [-0.2, -0.15) is 0 Å². The fourth-order valence-electron chi connectivity index (χ4n) is 4.87. The molecule has 1 amide bonds. The summed E-state index contributed by atoms with van der Waals surface area (Å²) in [6.07, 6.45) is 0. The second-order valence-electron chi connectivity index (χ2n) is 9.09. The molecule has 1 fully saturated rings. The van der Waals surface area contributed by atoms with Gasteiger partial charge in [0.1, 0.15) is 0 Å². The lowest BCUT2D eigenvalue weighted by molar-refractivity contribution is -0.130. The lowest BCUT2D eigenvalue weighted by Gasteiger charge is -2.43. The molecule has 0 aromatic heterocycles. The number of likely N-dealkylation sites (tertiary alicyclic amines) is 1. The zero-order valence-corrected chi connectivity index (χ0v) is 19.6. The fraction of sp³-hybridized carbons (Fsp3) is 0.276. The predicted octanol–water partition coefficient (Wildman–Crippen LogP) is 4.17. The summed E-state index contributed by atoms with van der Waals surface area (Å²) < 4.78 is 0. The van der Waals surface area contributed by atoms with E-state index in [-0.39, 0.29) is 29.9 Å². The molecule has 3 aromatic rings. The second kappa shape index (κ2) is 10.6. The molecule has 0 N–H and O–H groups in total. The average Bonchev–Trinajstić information content (AvgIpc) is 2.88. The van der Waals surface area contributed by atoms with Crippen LogP contribution in [0, 0.1) is 11.8 Å². The van der Waals surface area contributed by atoms with E-state index in [9.17, 15) is 14.4 Å². The van der Waals surface area contributed by atoms with Crippen LogP contribution < -0.4 is 0 Å². The van der Waals surface area contributed by atoms with Crippen molar-refractivity contribution >= 4 is 17.5 Å². The third kappa shape index (κ3) is 5.15. The van der Waals surface area contributed by atoms with E-state index in [1.165, 1.54) is 0 Å². The maximum absolute atomic E-state index is 13.8. The molecule has 0 spiro atoms. The first kappa shape index (κ1) is 23.6. The predicted molar refractivity (Wildman–Crippen MR) is 133 cm³/mol. The summed E-state index contributed by atoms with van der Waals surface area (Å²) in [6.45, 7) is 1.02. The van der Waals surface area contributed by atoms with Crippen LogP contribution in [0.25, 0.3) is 0 Å². The third-order valence-electron chi connectivity index (χ3n) is 6.61. The number of amides is 1. The normalized spacial score (nSPS) is 20.5. The quantitative estimate of drug-likeness (QED) is 0.503. The van der Waals surface area contributed by atoms with Crippen molar-refractivity contribution in [2.75, 3.05) is 33.7 Å². The topological polar surface area (TPSA) is 57.7 Å². The van der Waals surface area contributed by atoms with Crippen LogP contribution in [0.4, 0.5) is 0 Å². The fourth-order valence-corrected chi connectivity index (χ4v) is 4.87. The van der Waals surface area contributed by atoms with Crippen molar-refractivity contribution in [3.8, 4) is 0 Å². The molecule has 3 atom stereocenters. The minimum atomic E-state index is -0.453. The number of nitrogens with zero attached hydrogens (tertiary/aromatic N) is 2. The molecule has 174 valence electrons. The standard InChI is InChI=1S/C29H30N2O3/c1-30(2)26(32)20-31-18-24(28(33)22-14-8-4-9-15-22)27(21-12-6-3-7-13-21)25(19-31)29(34)23-16-10-5-11-17-23/h3-17,24-25,27H,18-20H2,1-2H3/t24-,25+,27+. The molecule has 0 saturated carbocycles. The van der Waals surface area contributed by atoms with Gasteiger partial charge in [-0.15, -0.1) is 0 Å². The number of ketones is 2. The van der Waals surface area contributed by atoms with Crippen LogP contribution in [-0.4, -0.2) is 61.0 Å². The van der Waals surface area contributed by atoms with Gasteiger partial charge in [0.2, 0.25) is 5.91 Å². The van der Waals surface area contributed by atoms with E-state index in [0.717, 1.165) is 5.56 Å². The first-order valence-corrected chi connectivity index (χ1v) is 11.6. The van der Waals surface area contributed by atoms with E-state index in [4.69, 9.17) is 0 Å². The Labute approximate surface area is 201 Å². The molecule has 4 rings (SSSR count). The monoisotopic (exact) mass is 454 g/mol. The van der Waals surface area contributed by atoms with Gasteiger partial charge in [-0.3, -0.25) is 19.3 Å². The largest absolute Gasteiger partial charge is 0.348 e. The molecule has 1 saturated heterocycles. The molecule has 1 aliphatic rings. The smallest absolute Gasteiger partial charge is 0.236 e. The summed E-state index contributed by atoms with van der Waals surface area (Å²) in [6, 6.07) is 28.3. The van der Waals surface area contributed by atoms with Gasteiger partial charge in [-0.25, -0.2) is 0 Å².